The van der Waals surface area contributed by atoms with Crippen molar-refractivity contribution in [1.82, 2.24) is 4.98 Å². The molecule has 1 N–H and O–H groups in total. The van der Waals surface area contributed by atoms with Crippen LogP contribution in [0.1, 0.15) is 56.1 Å². The highest BCUT2D eigenvalue weighted by Gasteiger charge is 2.23. The van der Waals surface area contributed by atoms with Crippen molar-refractivity contribution in [2.24, 2.45) is 0 Å². The molecule has 0 fully saturated rings. The van der Waals surface area contributed by atoms with Gasteiger partial charge in [0.1, 0.15) is 0 Å². The summed E-state index contributed by atoms with van der Waals surface area (Å²) in [6.07, 6.45) is 0.0846. The first-order valence-corrected chi connectivity index (χ1v) is 6.25. The van der Waals surface area contributed by atoms with Crippen LogP contribution >= 0.6 is 11.3 Å². The normalized spacial score (nSPS) is 12.1. The fraction of sp³-hybridized carbons (Fsp3) is 0.667. The lowest BCUT2D eigenvalue weighted by Crippen LogP contribution is -2.10. The molecule has 16 heavy (non-hydrogen) atoms. The Labute approximate surface area is 101 Å². The molecule has 0 aliphatic carbocycles. The number of rotatable bonds is 3. The van der Waals surface area contributed by atoms with Gasteiger partial charge in [0.05, 0.1) is 17.1 Å². The molecule has 0 radical (unpaired) electrons. The fourth-order valence-electron chi connectivity index (χ4n) is 1.40. The lowest BCUT2D eigenvalue weighted by atomic mass is 9.98. The van der Waals surface area contributed by atoms with Gasteiger partial charge in [0, 0.05) is 10.3 Å². The van der Waals surface area contributed by atoms with Gasteiger partial charge in [-0.15, -0.1) is 11.3 Å². The second-order valence-corrected chi connectivity index (χ2v) is 6.39. The van der Waals surface area contributed by atoms with E-state index in [-0.39, 0.29) is 17.8 Å². The summed E-state index contributed by atoms with van der Waals surface area (Å²) < 4.78 is 0. The van der Waals surface area contributed by atoms with Gasteiger partial charge in [0.25, 0.3) is 0 Å². The maximum Gasteiger partial charge on any atom is 0.308 e. The molecule has 0 spiro atoms. The first kappa shape index (κ1) is 13.2. The molecular weight excluding hydrogens is 222 g/mol. The Hall–Kier alpha value is -0.900. The molecule has 1 aromatic rings. The van der Waals surface area contributed by atoms with Gasteiger partial charge in [-0.05, 0) is 5.92 Å². The molecule has 0 aliphatic rings. The zero-order chi connectivity index (χ0) is 12.5. The van der Waals surface area contributed by atoms with Gasteiger partial charge in [-0.1, -0.05) is 34.6 Å². The van der Waals surface area contributed by atoms with Crippen LogP contribution in [0.3, 0.4) is 0 Å². The number of thiazole rings is 1. The predicted molar refractivity (Wildman–Crippen MR) is 66.2 cm³/mol. The van der Waals surface area contributed by atoms with Crippen molar-refractivity contribution in [2.75, 3.05) is 0 Å². The lowest BCUT2D eigenvalue weighted by Gasteiger charge is -2.13. The molecular formula is C12H19NO2S. The summed E-state index contributed by atoms with van der Waals surface area (Å²) in [5, 5.41) is 9.88. The first-order chi connectivity index (χ1) is 7.21. The van der Waals surface area contributed by atoms with E-state index in [4.69, 9.17) is 5.11 Å². The van der Waals surface area contributed by atoms with Crippen LogP contribution < -0.4 is 0 Å². The number of aliphatic carboxylic acids is 1. The highest BCUT2D eigenvalue weighted by molar-refractivity contribution is 7.12. The van der Waals surface area contributed by atoms with Crippen molar-refractivity contribution in [3.8, 4) is 0 Å². The first-order valence-electron chi connectivity index (χ1n) is 5.43. The summed E-state index contributed by atoms with van der Waals surface area (Å²) in [6.45, 7) is 10.4. The highest BCUT2D eigenvalue weighted by Crippen LogP contribution is 2.32. The maximum absolute atomic E-state index is 10.8. The smallest absolute Gasteiger partial charge is 0.308 e. The van der Waals surface area contributed by atoms with E-state index in [9.17, 15) is 4.79 Å². The molecule has 0 saturated carbocycles. The molecule has 90 valence electrons. The van der Waals surface area contributed by atoms with E-state index in [0.29, 0.717) is 0 Å². The number of hydrogen-bond donors (Lipinski definition) is 1. The van der Waals surface area contributed by atoms with Crippen LogP contribution in [0.15, 0.2) is 0 Å². The molecule has 0 unspecified atom stereocenters. The lowest BCUT2D eigenvalue weighted by molar-refractivity contribution is -0.136. The van der Waals surface area contributed by atoms with Crippen molar-refractivity contribution in [3.05, 3.63) is 15.6 Å². The molecule has 4 heteroatoms. The summed E-state index contributed by atoms with van der Waals surface area (Å²) in [5.74, 6) is -0.507. The molecule has 0 bridgehead atoms. The van der Waals surface area contributed by atoms with Crippen LogP contribution in [0, 0.1) is 0 Å². The van der Waals surface area contributed by atoms with E-state index >= 15 is 0 Å². The Morgan fingerprint density at radius 3 is 2.38 bits per heavy atom. The van der Waals surface area contributed by atoms with E-state index < -0.39 is 5.97 Å². The van der Waals surface area contributed by atoms with Crippen molar-refractivity contribution in [1.29, 1.82) is 0 Å². The van der Waals surface area contributed by atoms with Gasteiger partial charge < -0.3 is 5.11 Å². The van der Waals surface area contributed by atoms with Gasteiger partial charge >= 0.3 is 5.97 Å². The number of carboxylic acid groups (broad SMARTS) is 1. The number of carbonyl (C=O) groups is 1. The minimum Gasteiger partial charge on any atom is -0.481 e. The Balaban J connectivity index is 3.15. The van der Waals surface area contributed by atoms with Crippen molar-refractivity contribution in [2.45, 2.75) is 52.4 Å². The fourth-order valence-corrected chi connectivity index (χ4v) is 2.66. The van der Waals surface area contributed by atoms with Crippen LogP contribution in [0.25, 0.3) is 0 Å². The molecule has 3 nitrogen and oxygen atoms in total. The van der Waals surface area contributed by atoms with Crippen molar-refractivity contribution in [3.63, 3.8) is 0 Å². The molecule has 0 aromatic carbocycles. The third kappa shape index (κ3) is 3.04. The van der Waals surface area contributed by atoms with Gasteiger partial charge in [0.2, 0.25) is 0 Å². The zero-order valence-corrected chi connectivity index (χ0v) is 11.3. The van der Waals surface area contributed by atoms with E-state index in [2.05, 4.69) is 25.8 Å². The molecule has 1 heterocycles. The van der Waals surface area contributed by atoms with Gasteiger partial charge in [-0.3, -0.25) is 4.79 Å². The average molecular weight is 241 g/mol. The van der Waals surface area contributed by atoms with Crippen LogP contribution in [0.4, 0.5) is 0 Å². The number of aromatic nitrogens is 1. The van der Waals surface area contributed by atoms with Gasteiger partial charge in [-0.25, -0.2) is 4.98 Å². The largest absolute Gasteiger partial charge is 0.481 e. The van der Waals surface area contributed by atoms with Crippen LogP contribution in [-0.2, 0) is 16.6 Å². The number of carboxylic acids is 1. The summed E-state index contributed by atoms with van der Waals surface area (Å²) >= 11 is 1.53. The van der Waals surface area contributed by atoms with E-state index in [1.165, 1.54) is 11.3 Å². The van der Waals surface area contributed by atoms with E-state index in [0.717, 1.165) is 15.6 Å². The van der Waals surface area contributed by atoms with Gasteiger partial charge in [0.15, 0.2) is 0 Å². The Kier molecular flexibility index (Phi) is 3.73. The highest BCUT2D eigenvalue weighted by atomic mass is 32.1. The maximum atomic E-state index is 10.8. The average Bonchev–Trinajstić information content (AvgIpc) is 2.45. The van der Waals surface area contributed by atoms with Crippen LogP contribution in [-0.4, -0.2) is 16.1 Å². The summed E-state index contributed by atoms with van der Waals surface area (Å²) in [7, 11) is 0. The molecule has 0 amide bonds. The SMILES string of the molecule is CC(C)c1nc(C(C)(C)C)sc1CC(=O)O. The topological polar surface area (TPSA) is 50.2 Å². The quantitative estimate of drug-likeness (QED) is 0.884. The summed E-state index contributed by atoms with van der Waals surface area (Å²) in [4.78, 5) is 16.3. The van der Waals surface area contributed by atoms with Crippen molar-refractivity contribution < 1.29 is 9.90 Å². The monoisotopic (exact) mass is 241 g/mol. The molecule has 0 aliphatic heterocycles. The Morgan fingerprint density at radius 2 is 2.00 bits per heavy atom. The third-order valence-corrected chi connectivity index (χ3v) is 3.72. The standard InChI is InChI=1S/C12H19NO2S/c1-7(2)10-8(6-9(14)15)16-11(13-10)12(3,4)5/h7H,6H2,1-5H3,(H,14,15). The Bertz CT molecular complexity index is 388. The third-order valence-electron chi connectivity index (χ3n) is 2.23. The number of nitrogens with zero attached hydrogens (tertiary/aromatic N) is 1. The van der Waals surface area contributed by atoms with Gasteiger partial charge in [-0.2, -0.15) is 0 Å². The zero-order valence-electron chi connectivity index (χ0n) is 10.5. The van der Waals surface area contributed by atoms with Crippen molar-refractivity contribution >= 4 is 17.3 Å². The Morgan fingerprint density at radius 1 is 1.44 bits per heavy atom. The van der Waals surface area contributed by atoms with Crippen LogP contribution in [0.5, 0.6) is 0 Å². The molecule has 1 aromatic heterocycles. The summed E-state index contributed by atoms with van der Waals surface area (Å²) in [6, 6.07) is 0. The molecule has 0 atom stereocenters. The van der Waals surface area contributed by atoms with Crippen LogP contribution in [0.2, 0.25) is 0 Å². The molecule has 1 rings (SSSR count). The van der Waals surface area contributed by atoms with E-state index in [1.807, 2.05) is 13.8 Å². The minimum absolute atomic E-state index is 0.00887. The second kappa shape index (κ2) is 4.53. The second-order valence-electron chi connectivity index (χ2n) is 5.30. The van der Waals surface area contributed by atoms with E-state index in [1.54, 1.807) is 0 Å². The number of hydrogen-bond acceptors (Lipinski definition) is 3. The predicted octanol–water partition coefficient (Wildman–Crippen LogP) is 3.19. The molecule has 0 saturated heterocycles. The minimum atomic E-state index is -0.786. The summed E-state index contributed by atoms with van der Waals surface area (Å²) in [5.41, 5.74) is 0.933.